The minimum atomic E-state index is -3.08. The van der Waals surface area contributed by atoms with E-state index in [0.717, 1.165) is 23.9 Å². The minimum absolute atomic E-state index is 0.00739. The van der Waals surface area contributed by atoms with Crippen molar-refractivity contribution in [2.45, 2.75) is 17.4 Å². The van der Waals surface area contributed by atoms with Gasteiger partial charge in [-0.05, 0) is 12.5 Å². The molecule has 0 amide bonds. The Morgan fingerprint density at radius 3 is 2.50 bits per heavy atom. The van der Waals surface area contributed by atoms with Crippen LogP contribution in [-0.2, 0) is 9.84 Å². The predicted octanol–water partition coefficient (Wildman–Crippen LogP) is 2.00. The van der Waals surface area contributed by atoms with Crippen LogP contribution in [0.3, 0.4) is 0 Å². The van der Waals surface area contributed by atoms with E-state index in [0.29, 0.717) is 6.42 Å². The highest BCUT2D eigenvalue weighted by atomic mass is 32.2. The molecule has 0 radical (unpaired) electrons. The average Bonchev–Trinajstić information content (AvgIpc) is 2.86. The van der Waals surface area contributed by atoms with Gasteiger partial charge in [-0.2, -0.15) is 0 Å². The molecule has 1 aromatic carbocycles. The topological polar surface area (TPSA) is 124 Å². The van der Waals surface area contributed by atoms with E-state index in [-0.39, 0.29) is 32.5 Å². The lowest BCUT2D eigenvalue weighted by Gasteiger charge is -2.25. The Balaban J connectivity index is 2.19. The summed E-state index contributed by atoms with van der Waals surface area (Å²) in [6.45, 7) is 0. The van der Waals surface area contributed by atoms with Crippen molar-refractivity contribution >= 4 is 49.5 Å². The number of hydrogen-bond acceptors (Lipinski definition) is 8. The fraction of sp³-hybridized carbons (Fsp3) is 0.417. The van der Waals surface area contributed by atoms with E-state index in [9.17, 15) is 28.6 Å². The van der Waals surface area contributed by atoms with E-state index >= 15 is 0 Å². The van der Waals surface area contributed by atoms with E-state index in [1.165, 1.54) is 6.07 Å². The van der Waals surface area contributed by atoms with Crippen LogP contribution in [0.2, 0.25) is 0 Å². The zero-order valence-electron chi connectivity index (χ0n) is 12.4. The Morgan fingerprint density at radius 1 is 1.33 bits per heavy atom. The molecule has 0 N–H and O–H groups in total. The first-order valence-corrected chi connectivity index (χ1v) is 9.73. The van der Waals surface area contributed by atoms with Gasteiger partial charge in [-0.3, -0.25) is 20.2 Å². The fourth-order valence-corrected chi connectivity index (χ4v) is 5.29. The third-order valence-electron chi connectivity index (χ3n) is 3.59. The van der Waals surface area contributed by atoms with Crippen LogP contribution in [0.25, 0.3) is 0 Å². The molecule has 130 valence electrons. The number of nitrogens with zero attached hydrogens (tertiary/aromatic N) is 3. The van der Waals surface area contributed by atoms with Crippen molar-refractivity contribution in [1.29, 1.82) is 0 Å². The lowest BCUT2D eigenvalue weighted by molar-refractivity contribution is -0.396. The van der Waals surface area contributed by atoms with Gasteiger partial charge in [0, 0.05) is 19.2 Å². The summed E-state index contributed by atoms with van der Waals surface area (Å²) in [6.07, 6.45) is 0.446. The van der Waals surface area contributed by atoms with E-state index < -0.39 is 25.4 Å². The SMILES string of the molecule is CN(C(=S)Sc1ccc([N+](=O)[O-])cc1[N+](=O)[O-])[C@@H]1CCS(=O)(=O)C1. The van der Waals surface area contributed by atoms with Gasteiger partial charge < -0.3 is 4.90 Å². The fourth-order valence-electron chi connectivity index (χ4n) is 2.24. The van der Waals surface area contributed by atoms with Gasteiger partial charge >= 0.3 is 0 Å². The summed E-state index contributed by atoms with van der Waals surface area (Å²) < 4.78 is 23.4. The van der Waals surface area contributed by atoms with Gasteiger partial charge in [-0.25, -0.2) is 8.42 Å². The number of rotatable bonds is 4. The van der Waals surface area contributed by atoms with Gasteiger partial charge in [0.15, 0.2) is 9.84 Å². The average molecular weight is 391 g/mol. The Kier molecular flexibility index (Phi) is 5.40. The lowest BCUT2D eigenvalue weighted by Crippen LogP contribution is -2.35. The van der Waals surface area contributed by atoms with Crippen LogP contribution in [0.4, 0.5) is 11.4 Å². The Bertz CT molecular complexity index is 810. The van der Waals surface area contributed by atoms with Crippen LogP contribution >= 0.6 is 24.0 Å². The van der Waals surface area contributed by atoms with Crippen LogP contribution < -0.4 is 0 Å². The number of sulfone groups is 1. The molecule has 0 aromatic heterocycles. The highest BCUT2D eigenvalue weighted by molar-refractivity contribution is 8.23. The molecule has 1 aromatic rings. The zero-order valence-corrected chi connectivity index (χ0v) is 14.9. The van der Waals surface area contributed by atoms with Crippen LogP contribution in [-0.4, -0.2) is 52.1 Å². The molecule has 1 aliphatic heterocycles. The maximum Gasteiger partial charge on any atom is 0.290 e. The number of hydrogen-bond donors (Lipinski definition) is 0. The summed E-state index contributed by atoms with van der Waals surface area (Å²) in [4.78, 5) is 22.2. The molecule has 0 spiro atoms. The summed E-state index contributed by atoms with van der Waals surface area (Å²) in [6, 6.07) is 3.04. The molecule has 1 fully saturated rings. The van der Waals surface area contributed by atoms with Gasteiger partial charge in [-0.1, -0.05) is 24.0 Å². The Hall–Kier alpha value is -1.79. The first kappa shape index (κ1) is 18.5. The number of nitro groups is 2. The summed E-state index contributed by atoms with van der Waals surface area (Å²) in [5.74, 6) is 0.0829. The molecular formula is C12H13N3O6S3. The molecule has 1 atom stereocenters. The van der Waals surface area contributed by atoms with Crippen molar-refractivity contribution in [2.75, 3.05) is 18.6 Å². The second kappa shape index (κ2) is 6.99. The largest absolute Gasteiger partial charge is 0.356 e. The number of nitro benzene ring substituents is 2. The van der Waals surface area contributed by atoms with Crippen molar-refractivity contribution in [3.05, 3.63) is 38.4 Å². The van der Waals surface area contributed by atoms with Crippen molar-refractivity contribution in [1.82, 2.24) is 4.90 Å². The number of thioether (sulfide) groups is 1. The van der Waals surface area contributed by atoms with Crippen LogP contribution in [0, 0.1) is 20.2 Å². The maximum absolute atomic E-state index is 11.5. The van der Waals surface area contributed by atoms with Crippen molar-refractivity contribution in [3.63, 3.8) is 0 Å². The van der Waals surface area contributed by atoms with Crippen molar-refractivity contribution in [3.8, 4) is 0 Å². The second-order valence-electron chi connectivity index (χ2n) is 5.20. The summed E-state index contributed by atoms with van der Waals surface area (Å²) in [5, 5.41) is 21.9. The molecule has 0 saturated carbocycles. The molecule has 9 nitrogen and oxygen atoms in total. The monoisotopic (exact) mass is 391 g/mol. The van der Waals surface area contributed by atoms with Crippen LogP contribution in [0.1, 0.15) is 6.42 Å². The number of thiocarbonyl (C=S) groups is 1. The van der Waals surface area contributed by atoms with Crippen LogP contribution in [0.5, 0.6) is 0 Å². The Labute approximate surface area is 147 Å². The molecule has 1 saturated heterocycles. The first-order valence-electron chi connectivity index (χ1n) is 6.68. The zero-order chi connectivity index (χ0) is 18.1. The highest BCUT2D eigenvalue weighted by Gasteiger charge is 2.32. The van der Waals surface area contributed by atoms with E-state index in [1.54, 1.807) is 11.9 Å². The molecule has 1 heterocycles. The summed E-state index contributed by atoms with van der Waals surface area (Å²) in [5.41, 5.74) is -0.795. The highest BCUT2D eigenvalue weighted by Crippen LogP contribution is 2.34. The molecule has 2 rings (SSSR count). The van der Waals surface area contributed by atoms with E-state index in [2.05, 4.69) is 0 Å². The van der Waals surface area contributed by atoms with Gasteiger partial charge in [-0.15, -0.1) is 0 Å². The summed E-state index contributed by atoms with van der Waals surface area (Å²) >= 11 is 6.15. The van der Waals surface area contributed by atoms with Crippen molar-refractivity contribution in [2.24, 2.45) is 0 Å². The molecule has 0 aliphatic carbocycles. The third-order valence-corrected chi connectivity index (χ3v) is 6.91. The normalized spacial score (nSPS) is 19.0. The molecule has 0 bridgehead atoms. The van der Waals surface area contributed by atoms with E-state index in [4.69, 9.17) is 12.2 Å². The Morgan fingerprint density at radius 2 is 2.00 bits per heavy atom. The number of non-ortho nitro benzene ring substituents is 1. The standard InChI is InChI=1S/C12H13N3O6S3/c1-13(9-4-5-24(20,21)7-9)12(22)23-11-3-2-8(14(16)17)6-10(11)15(18)19/h2-3,6,9H,4-5,7H2,1H3/t9-/m1/s1. The second-order valence-corrected chi connectivity index (χ2v) is 9.11. The molecule has 24 heavy (non-hydrogen) atoms. The minimum Gasteiger partial charge on any atom is -0.356 e. The maximum atomic E-state index is 11.5. The predicted molar refractivity (Wildman–Crippen MR) is 93.0 cm³/mol. The van der Waals surface area contributed by atoms with Gasteiger partial charge in [0.25, 0.3) is 11.4 Å². The van der Waals surface area contributed by atoms with E-state index in [1.807, 2.05) is 0 Å². The molecule has 1 aliphatic rings. The molecule has 0 unspecified atom stereocenters. The summed E-state index contributed by atoms with van der Waals surface area (Å²) in [7, 11) is -1.44. The lowest BCUT2D eigenvalue weighted by atomic mass is 10.2. The number of benzene rings is 1. The molecule has 12 heteroatoms. The van der Waals surface area contributed by atoms with Gasteiger partial charge in [0.05, 0.1) is 32.3 Å². The quantitative estimate of drug-likeness (QED) is 0.328. The van der Waals surface area contributed by atoms with Gasteiger partial charge in [0.1, 0.15) is 4.32 Å². The third kappa shape index (κ3) is 4.19. The smallest absolute Gasteiger partial charge is 0.290 e. The molecular weight excluding hydrogens is 378 g/mol. The van der Waals surface area contributed by atoms with Crippen LogP contribution in [0.15, 0.2) is 23.1 Å². The van der Waals surface area contributed by atoms with Crippen molar-refractivity contribution < 1.29 is 18.3 Å². The first-order chi connectivity index (χ1) is 11.1. The van der Waals surface area contributed by atoms with Gasteiger partial charge in [0.2, 0.25) is 0 Å².